The maximum Gasteiger partial charge on any atom is 0.241 e. The number of fused-ring (bicyclic) bond motifs is 1. The molecule has 0 atom stereocenters. The van der Waals surface area contributed by atoms with E-state index in [1.165, 1.54) is 21.6 Å². The van der Waals surface area contributed by atoms with Crippen molar-refractivity contribution in [2.45, 2.75) is 5.75 Å². The van der Waals surface area contributed by atoms with E-state index in [2.05, 4.69) is 4.98 Å². The van der Waals surface area contributed by atoms with Crippen molar-refractivity contribution in [3.8, 4) is 0 Å². The predicted octanol–water partition coefficient (Wildman–Crippen LogP) is 2.08. The first-order valence-electron chi connectivity index (χ1n) is 6.83. The first kappa shape index (κ1) is 16.8. The van der Waals surface area contributed by atoms with Crippen molar-refractivity contribution < 1.29 is 9.59 Å². The van der Waals surface area contributed by atoms with Gasteiger partial charge in [0.15, 0.2) is 0 Å². The number of likely N-dealkylation sites (N-methyl/N-ethyl adjacent to an activating group) is 2. The third-order valence-corrected chi connectivity index (χ3v) is 5.23. The average Bonchev–Trinajstić information content (AvgIpc) is 2.89. The first-order valence-corrected chi connectivity index (χ1v) is 8.81. The standard InChI is InChI=1S/C15H19N3O2S2/c1-17(2)14(19)8-18(3)15(20)10-21-9-13-16-11-6-4-5-7-12(11)22-13/h4-7H,8-10H2,1-3H3. The second kappa shape index (κ2) is 7.60. The fourth-order valence-corrected chi connectivity index (χ4v) is 3.73. The summed E-state index contributed by atoms with van der Waals surface area (Å²) < 4.78 is 1.16. The Balaban J connectivity index is 1.80. The lowest BCUT2D eigenvalue weighted by Crippen LogP contribution is -2.38. The van der Waals surface area contributed by atoms with Gasteiger partial charge in [-0.1, -0.05) is 12.1 Å². The summed E-state index contributed by atoms with van der Waals surface area (Å²) in [6.07, 6.45) is 0. The minimum atomic E-state index is -0.0768. The molecule has 1 aromatic carbocycles. The van der Waals surface area contributed by atoms with Gasteiger partial charge in [0, 0.05) is 26.9 Å². The molecule has 0 unspecified atom stereocenters. The molecule has 2 rings (SSSR count). The predicted molar refractivity (Wildman–Crippen MR) is 92.1 cm³/mol. The third kappa shape index (κ3) is 4.45. The van der Waals surface area contributed by atoms with Crippen LogP contribution in [0.5, 0.6) is 0 Å². The van der Waals surface area contributed by atoms with Crippen LogP contribution in [0.25, 0.3) is 10.2 Å². The van der Waals surface area contributed by atoms with E-state index >= 15 is 0 Å². The molecule has 2 aromatic rings. The summed E-state index contributed by atoms with van der Waals surface area (Å²) >= 11 is 3.18. The van der Waals surface area contributed by atoms with E-state index in [1.54, 1.807) is 32.5 Å². The molecule has 0 aliphatic heterocycles. The van der Waals surface area contributed by atoms with Crippen LogP contribution in [0.3, 0.4) is 0 Å². The van der Waals surface area contributed by atoms with Gasteiger partial charge in [-0.2, -0.15) is 0 Å². The van der Waals surface area contributed by atoms with Crippen LogP contribution in [0, 0.1) is 0 Å². The maximum atomic E-state index is 12.0. The fourth-order valence-electron chi connectivity index (χ4n) is 1.75. The van der Waals surface area contributed by atoms with Crippen LogP contribution in [0.4, 0.5) is 0 Å². The fraction of sp³-hybridized carbons (Fsp3) is 0.400. The van der Waals surface area contributed by atoms with Crippen molar-refractivity contribution in [2.24, 2.45) is 0 Å². The van der Waals surface area contributed by atoms with Crippen molar-refractivity contribution in [2.75, 3.05) is 33.4 Å². The number of aromatic nitrogens is 1. The molecule has 1 heterocycles. The molecule has 0 aliphatic rings. The highest BCUT2D eigenvalue weighted by atomic mass is 32.2. The number of rotatable bonds is 6. The van der Waals surface area contributed by atoms with Gasteiger partial charge in [-0.3, -0.25) is 9.59 Å². The maximum absolute atomic E-state index is 12.0. The summed E-state index contributed by atoms with van der Waals surface area (Å²) in [6.45, 7) is 0.119. The molecule has 0 radical (unpaired) electrons. The van der Waals surface area contributed by atoms with Crippen LogP contribution in [0.1, 0.15) is 5.01 Å². The third-order valence-electron chi connectivity index (χ3n) is 3.09. The van der Waals surface area contributed by atoms with Crippen molar-refractivity contribution in [3.05, 3.63) is 29.3 Å². The highest BCUT2D eigenvalue weighted by molar-refractivity contribution is 7.99. The summed E-state index contributed by atoms with van der Waals surface area (Å²) in [4.78, 5) is 31.0. The van der Waals surface area contributed by atoms with Gasteiger partial charge in [0.1, 0.15) is 5.01 Å². The number of carbonyl (C=O) groups is 2. The van der Waals surface area contributed by atoms with Crippen LogP contribution in [0.2, 0.25) is 0 Å². The van der Waals surface area contributed by atoms with E-state index in [0.717, 1.165) is 15.2 Å². The van der Waals surface area contributed by atoms with Gasteiger partial charge in [0.05, 0.1) is 22.5 Å². The second-order valence-electron chi connectivity index (χ2n) is 5.11. The van der Waals surface area contributed by atoms with Crippen molar-refractivity contribution in [1.29, 1.82) is 0 Å². The Morgan fingerprint density at radius 2 is 1.91 bits per heavy atom. The quantitative estimate of drug-likeness (QED) is 0.810. The molecule has 7 heteroatoms. The van der Waals surface area contributed by atoms with Gasteiger partial charge < -0.3 is 9.80 Å². The first-order chi connectivity index (χ1) is 10.5. The normalized spacial score (nSPS) is 10.7. The highest BCUT2D eigenvalue weighted by Gasteiger charge is 2.14. The summed E-state index contributed by atoms with van der Waals surface area (Å²) in [5.74, 6) is 0.946. The van der Waals surface area contributed by atoms with E-state index in [-0.39, 0.29) is 18.4 Å². The van der Waals surface area contributed by atoms with E-state index in [4.69, 9.17) is 0 Å². The zero-order chi connectivity index (χ0) is 16.1. The molecule has 0 aliphatic carbocycles. The second-order valence-corrected chi connectivity index (χ2v) is 7.21. The number of benzene rings is 1. The number of hydrogen-bond acceptors (Lipinski definition) is 5. The molecule has 0 spiro atoms. The van der Waals surface area contributed by atoms with Crippen molar-refractivity contribution in [1.82, 2.24) is 14.8 Å². The molecule has 118 valence electrons. The lowest BCUT2D eigenvalue weighted by molar-refractivity contribution is -0.136. The Hall–Kier alpha value is -1.60. The molecule has 0 N–H and O–H groups in total. The molecule has 2 amide bonds. The van der Waals surface area contributed by atoms with Crippen LogP contribution in [0.15, 0.2) is 24.3 Å². The number of carbonyl (C=O) groups excluding carboxylic acids is 2. The van der Waals surface area contributed by atoms with Gasteiger partial charge in [0.25, 0.3) is 0 Å². The van der Waals surface area contributed by atoms with E-state index in [0.29, 0.717) is 11.5 Å². The van der Waals surface area contributed by atoms with E-state index < -0.39 is 0 Å². The molecule has 5 nitrogen and oxygen atoms in total. The molecular formula is C15H19N3O2S2. The monoisotopic (exact) mass is 337 g/mol. The Kier molecular flexibility index (Phi) is 5.79. The summed E-state index contributed by atoms with van der Waals surface area (Å²) in [6, 6.07) is 8.01. The minimum absolute atomic E-state index is 0.0405. The Morgan fingerprint density at radius 3 is 2.59 bits per heavy atom. The lowest BCUT2D eigenvalue weighted by atomic mass is 10.3. The minimum Gasteiger partial charge on any atom is -0.347 e. The van der Waals surface area contributed by atoms with Crippen LogP contribution in [-0.2, 0) is 15.3 Å². The Morgan fingerprint density at radius 1 is 1.18 bits per heavy atom. The summed E-state index contributed by atoms with van der Waals surface area (Å²) in [5.41, 5.74) is 1.00. The zero-order valence-electron chi connectivity index (χ0n) is 12.9. The smallest absolute Gasteiger partial charge is 0.241 e. The van der Waals surface area contributed by atoms with Gasteiger partial charge in [-0.15, -0.1) is 23.1 Å². The molecule has 22 heavy (non-hydrogen) atoms. The lowest BCUT2D eigenvalue weighted by Gasteiger charge is -2.18. The number of thiazole rings is 1. The zero-order valence-corrected chi connectivity index (χ0v) is 14.5. The molecule has 0 bridgehead atoms. The molecular weight excluding hydrogens is 318 g/mol. The average molecular weight is 337 g/mol. The number of nitrogens with zero attached hydrogens (tertiary/aromatic N) is 3. The van der Waals surface area contributed by atoms with Crippen molar-refractivity contribution >= 4 is 45.1 Å². The Bertz CT molecular complexity index is 637. The van der Waals surface area contributed by atoms with Crippen LogP contribution < -0.4 is 0 Å². The van der Waals surface area contributed by atoms with Crippen LogP contribution >= 0.6 is 23.1 Å². The molecule has 1 aromatic heterocycles. The number of thioether (sulfide) groups is 1. The molecule has 0 saturated carbocycles. The van der Waals surface area contributed by atoms with Gasteiger partial charge >= 0.3 is 0 Å². The number of amides is 2. The summed E-state index contributed by atoms with van der Waals surface area (Å²) in [7, 11) is 5.02. The summed E-state index contributed by atoms with van der Waals surface area (Å²) in [5, 5.41) is 1.02. The molecule has 0 fully saturated rings. The number of hydrogen-bond donors (Lipinski definition) is 0. The SMILES string of the molecule is CN(C)C(=O)CN(C)C(=O)CSCc1nc2ccccc2s1. The van der Waals surface area contributed by atoms with Gasteiger partial charge in [0.2, 0.25) is 11.8 Å². The molecule has 0 saturated heterocycles. The van der Waals surface area contributed by atoms with Crippen LogP contribution in [-0.4, -0.2) is 60.0 Å². The Labute approximate surface area is 138 Å². The largest absolute Gasteiger partial charge is 0.347 e. The highest BCUT2D eigenvalue weighted by Crippen LogP contribution is 2.24. The van der Waals surface area contributed by atoms with Gasteiger partial charge in [-0.25, -0.2) is 4.98 Å². The van der Waals surface area contributed by atoms with Crippen molar-refractivity contribution in [3.63, 3.8) is 0 Å². The van der Waals surface area contributed by atoms with Gasteiger partial charge in [-0.05, 0) is 12.1 Å². The van der Waals surface area contributed by atoms with E-state index in [9.17, 15) is 9.59 Å². The number of para-hydroxylation sites is 1. The topological polar surface area (TPSA) is 53.5 Å². The van der Waals surface area contributed by atoms with E-state index in [1.807, 2.05) is 24.3 Å².